The fourth-order valence-corrected chi connectivity index (χ4v) is 3.71. The minimum absolute atomic E-state index is 0.0838. The number of likely N-dealkylation sites (N-methyl/N-ethyl adjacent to an activating group) is 1. The largest absolute Gasteiger partial charge is 0.461 e. The van der Waals surface area contributed by atoms with E-state index in [-0.39, 0.29) is 11.8 Å². The SMILES string of the molecule is CN(C)C(=O)C[NH+]1CCN(C(=O)CSc2nnc(-c3ccco3)n2C)CC1. The van der Waals surface area contributed by atoms with E-state index in [9.17, 15) is 9.59 Å². The summed E-state index contributed by atoms with van der Waals surface area (Å²) in [5.41, 5.74) is 0. The lowest BCUT2D eigenvalue weighted by Crippen LogP contribution is -3.15. The number of thioether (sulfide) groups is 1. The van der Waals surface area contributed by atoms with Gasteiger partial charge in [-0.15, -0.1) is 10.2 Å². The van der Waals surface area contributed by atoms with Crippen molar-refractivity contribution in [3.05, 3.63) is 18.4 Å². The van der Waals surface area contributed by atoms with Crippen molar-refractivity contribution in [1.29, 1.82) is 0 Å². The summed E-state index contributed by atoms with van der Waals surface area (Å²) in [6, 6.07) is 3.63. The summed E-state index contributed by atoms with van der Waals surface area (Å²) < 4.78 is 7.17. The first-order valence-electron chi connectivity index (χ1n) is 8.83. The zero-order chi connectivity index (χ0) is 19.4. The van der Waals surface area contributed by atoms with Crippen molar-refractivity contribution < 1.29 is 18.9 Å². The molecule has 1 aliphatic heterocycles. The standard InChI is InChI=1S/C17H24N6O3S/c1-20(2)14(24)11-22-6-8-23(9-7-22)15(25)12-27-17-19-18-16(21(17)3)13-5-4-10-26-13/h4-5,10H,6-9,11-12H2,1-3H3/p+1. The molecule has 1 saturated heterocycles. The second kappa shape index (κ2) is 8.57. The van der Waals surface area contributed by atoms with Crippen LogP contribution in [0.2, 0.25) is 0 Å². The van der Waals surface area contributed by atoms with Gasteiger partial charge in [0.05, 0.1) is 38.2 Å². The molecule has 0 saturated carbocycles. The van der Waals surface area contributed by atoms with E-state index in [1.807, 2.05) is 22.6 Å². The number of hydrogen-bond acceptors (Lipinski definition) is 6. The predicted molar refractivity (Wildman–Crippen MR) is 100 cm³/mol. The van der Waals surface area contributed by atoms with Crippen LogP contribution in [0.4, 0.5) is 0 Å². The maximum atomic E-state index is 12.5. The third-order valence-corrected chi connectivity index (χ3v) is 5.63. The van der Waals surface area contributed by atoms with Crippen LogP contribution in [-0.4, -0.2) is 89.0 Å². The summed E-state index contributed by atoms with van der Waals surface area (Å²) in [5, 5.41) is 8.96. The first kappa shape index (κ1) is 19.4. The average molecular weight is 393 g/mol. The molecule has 10 heteroatoms. The van der Waals surface area contributed by atoms with E-state index < -0.39 is 0 Å². The summed E-state index contributed by atoms with van der Waals surface area (Å²) in [7, 11) is 5.39. The van der Waals surface area contributed by atoms with E-state index in [0.717, 1.165) is 13.1 Å². The van der Waals surface area contributed by atoms with E-state index in [1.54, 1.807) is 31.3 Å². The molecule has 146 valence electrons. The van der Waals surface area contributed by atoms with Crippen molar-refractivity contribution >= 4 is 23.6 Å². The quantitative estimate of drug-likeness (QED) is 0.632. The molecule has 2 aromatic heterocycles. The highest BCUT2D eigenvalue weighted by Crippen LogP contribution is 2.22. The summed E-state index contributed by atoms with van der Waals surface area (Å²) in [6.07, 6.45) is 1.59. The maximum Gasteiger partial charge on any atom is 0.277 e. The third-order valence-electron chi connectivity index (χ3n) is 4.62. The van der Waals surface area contributed by atoms with E-state index in [1.165, 1.54) is 16.7 Å². The zero-order valence-corrected chi connectivity index (χ0v) is 16.7. The minimum Gasteiger partial charge on any atom is -0.461 e. The molecule has 0 spiro atoms. The second-order valence-corrected chi connectivity index (χ2v) is 7.67. The van der Waals surface area contributed by atoms with Crippen LogP contribution in [0.25, 0.3) is 11.6 Å². The number of piperazine rings is 1. The van der Waals surface area contributed by atoms with E-state index in [4.69, 9.17) is 4.42 Å². The third kappa shape index (κ3) is 4.69. The summed E-state index contributed by atoms with van der Waals surface area (Å²) >= 11 is 1.37. The Morgan fingerprint density at radius 3 is 2.67 bits per heavy atom. The second-order valence-electron chi connectivity index (χ2n) is 6.73. The molecule has 0 unspecified atom stereocenters. The lowest BCUT2D eigenvalue weighted by molar-refractivity contribution is -0.896. The first-order valence-corrected chi connectivity index (χ1v) is 9.82. The molecule has 0 aromatic carbocycles. The number of carbonyl (C=O) groups is 2. The topological polar surface area (TPSA) is 88.9 Å². The van der Waals surface area contributed by atoms with Gasteiger partial charge in [-0.3, -0.25) is 9.59 Å². The van der Waals surface area contributed by atoms with Crippen LogP contribution in [0.1, 0.15) is 0 Å². The smallest absolute Gasteiger partial charge is 0.277 e. The molecule has 0 bridgehead atoms. The molecule has 9 nitrogen and oxygen atoms in total. The van der Waals surface area contributed by atoms with Gasteiger partial charge in [-0.1, -0.05) is 11.8 Å². The molecular formula is C17H25N6O3S+. The van der Waals surface area contributed by atoms with Crippen molar-refractivity contribution in [3.8, 4) is 11.6 Å². The number of rotatable bonds is 6. The molecule has 0 aliphatic carbocycles. The molecular weight excluding hydrogens is 368 g/mol. The summed E-state index contributed by atoms with van der Waals surface area (Å²) in [5.74, 6) is 1.80. The van der Waals surface area contributed by atoms with Crippen LogP contribution >= 0.6 is 11.8 Å². The normalized spacial score (nSPS) is 15.1. The van der Waals surface area contributed by atoms with Crippen LogP contribution in [-0.2, 0) is 16.6 Å². The van der Waals surface area contributed by atoms with Crippen LogP contribution in [0, 0.1) is 0 Å². The Hall–Kier alpha value is -2.33. The molecule has 1 N–H and O–H groups in total. The molecule has 2 aromatic rings. The highest BCUT2D eigenvalue weighted by molar-refractivity contribution is 7.99. The Balaban J connectivity index is 1.47. The number of quaternary nitrogens is 1. The van der Waals surface area contributed by atoms with Gasteiger partial charge >= 0.3 is 0 Å². The Morgan fingerprint density at radius 2 is 2.04 bits per heavy atom. The lowest BCUT2D eigenvalue weighted by Gasteiger charge is -2.32. The van der Waals surface area contributed by atoms with Crippen molar-refractivity contribution in [1.82, 2.24) is 24.6 Å². The van der Waals surface area contributed by atoms with Gasteiger partial charge in [0.2, 0.25) is 5.91 Å². The molecule has 1 fully saturated rings. The van der Waals surface area contributed by atoms with Crippen LogP contribution in [0.5, 0.6) is 0 Å². The number of aromatic nitrogens is 3. The Labute approximate surface area is 162 Å². The highest BCUT2D eigenvalue weighted by Gasteiger charge is 2.26. The van der Waals surface area contributed by atoms with Crippen molar-refractivity contribution in [3.63, 3.8) is 0 Å². The van der Waals surface area contributed by atoms with Gasteiger partial charge in [0, 0.05) is 21.1 Å². The van der Waals surface area contributed by atoms with Crippen LogP contribution < -0.4 is 4.90 Å². The number of furan rings is 1. The Morgan fingerprint density at radius 1 is 1.30 bits per heavy atom. The maximum absolute atomic E-state index is 12.5. The van der Waals surface area contributed by atoms with Gasteiger partial charge in [-0.25, -0.2) is 0 Å². The van der Waals surface area contributed by atoms with E-state index in [0.29, 0.717) is 42.1 Å². The van der Waals surface area contributed by atoms with E-state index in [2.05, 4.69) is 10.2 Å². The summed E-state index contributed by atoms with van der Waals surface area (Å²) in [6.45, 7) is 3.42. The monoisotopic (exact) mass is 393 g/mol. The van der Waals surface area contributed by atoms with Crippen molar-refractivity contribution in [2.75, 3.05) is 52.6 Å². The molecule has 1 aliphatic rings. The van der Waals surface area contributed by atoms with Gasteiger partial charge in [-0.2, -0.15) is 0 Å². The fourth-order valence-electron chi connectivity index (χ4n) is 2.90. The minimum atomic E-state index is 0.0838. The van der Waals surface area contributed by atoms with Crippen molar-refractivity contribution in [2.45, 2.75) is 5.16 Å². The number of hydrogen-bond donors (Lipinski definition) is 1. The fraction of sp³-hybridized carbons (Fsp3) is 0.529. The Bertz CT molecular complexity index is 781. The number of nitrogens with one attached hydrogen (secondary N) is 1. The zero-order valence-electron chi connectivity index (χ0n) is 15.8. The van der Waals surface area contributed by atoms with Gasteiger partial charge in [0.25, 0.3) is 5.91 Å². The Kier molecular flexibility index (Phi) is 6.17. The predicted octanol–water partition coefficient (Wildman–Crippen LogP) is -1.02. The van der Waals surface area contributed by atoms with Crippen LogP contribution in [0.3, 0.4) is 0 Å². The van der Waals surface area contributed by atoms with Crippen molar-refractivity contribution in [2.24, 2.45) is 7.05 Å². The number of amides is 2. The lowest BCUT2D eigenvalue weighted by atomic mass is 10.3. The first-order chi connectivity index (χ1) is 13.0. The molecule has 0 atom stereocenters. The number of carbonyl (C=O) groups excluding carboxylic acids is 2. The van der Waals surface area contributed by atoms with Gasteiger partial charge in [0.15, 0.2) is 23.3 Å². The molecule has 0 radical (unpaired) electrons. The molecule has 2 amide bonds. The molecule has 3 rings (SSSR count). The number of nitrogens with zero attached hydrogens (tertiary/aromatic N) is 5. The summed E-state index contributed by atoms with van der Waals surface area (Å²) in [4.78, 5) is 29.0. The van der Waals surface area contributed by atoms with Crippen LogP contribution in [0.15, 0.2) is 28.0 Å². The van der Waals surface area contributed by atoms with Gasteiger partial charge in [-0.05, 0) is 12.1 Å². The molecule has 27 heavy (non-hydrogen) atoms. The van der Waals surface area contributed by atoms with E-state index >= 15 is 0 Å². The van der Waals surface area contributed by atoms with Gasteiger partial charge < -0.3 is 23.7 Å². The molecule has 3 heterocycles. The average Bonchev–Trinajstić information content (AvgIpc) is 3.30. The highest BCUT2D eigenvalue weighted by atomic mass is 32.2. The van der Waals surface area contributed by atoms with Gasteiger partial charge in [0.1, 0.15) is 0 Å².